The molecule has 0 aromatic heterocycles. The normalized spacial score (nSPS) is 19.4. The Hall–Kier alpha value is -3.00. The highest BCUT2D eigenvalue weighted by Gasteiger charge is 2.44. The number of para-hydroxylation sites is 1. The van der Waals surface area contributed by atoms with Gasteiger partial charge in [0.25, 0.3) is 0 Å². The third-order valence-electron chi connectivity index (χ3n) is 4.52. The van der Waals surface area contributed by atoms with Crippen molar-refractivity contribution in [1.82, 2.24) is 5.32 Å². The van der Waals surface area contributed by atoms with E-state index in [1.807, 2.05) is 30.3 Å². The summed E-state index contributed by atoms with van der Waals surface area (Å²) in [5, 5.41) is 12.4. The van der Waals surface area contributed by atoms with Gasteiger partial charge in [-0.1, -0.05) is 42.5 Å². The molecule has 5 nitrogen and oxygen atoms in total. The Kier molecular flexibility index (Phi) is 4.90. The maximum absolute atomic E-state index is 12.6. The lowest BCUT2D eigenvalue weighted by Crippen LogP contribution is -2.29. The quantitative estimate of drug-likeness (QED) is 0.879. The molecule has 0 saturated heterocycles. The SMILES string of the molecule is COc1cccc([C@H](C#N)NC(=O)[C@H]2C[C@@H]2c2ccccc2)c1OC. The standard InChI is InChI=1S/C20H20N2O3/c1-24-18-10-6-9-14(19(18)25-2)17(12-21)22-20(23)16-11-15(16)13-7-4-3-5-8-13/h3-10,15-17H,11H2,1-2H3,(H,22,23)/t15-,16+,17+/m1/s1. The number of methoxy groups -OCH3 is 2. The third kappa shape index (κ3) is 3.43. The number of nitrogens with zero attached hydrogens (tertiary/aromatic N) is 1. The Morgan fingerprint density at radius 3 is 2.56 bits per heavy atom. The van der Waals surface area contributed by atoms with Crippen LogP contribution >= 0.6 is 0 Å². The van der Waals surface area contributed by atoms with Crippen molar-refractivity contribution in [3.63, 3.8) is 0 Å². The molecular weight excluding hydrogens is 316 g/mol. The number of hydrogen-bond donors (Lipinski definition) is 1. The number of amides is 1. The van der Waals surface area contributed by atoms with E-state index < -0.39 is 6.04 Å². The molecule has 0 unspecified atom stereocenters. The minimum atomic E-state index is -0.783. The Morgan fingerprint density at radius 2 is 1.92 bits per heavy atom. The van der Waals surface area contributed by atoms with Crippen molar-refractivity contribution in [3.8, 4) is 17.6 Å². The Bertz CT molecular complexity index is 798. The van der Waals surface area contributed by atoms with Gasteiger partial charge in [-0.3, -0.25) is 4.79 Å². The van der Waals surface area contributed by atoms with Gasteiger partial charge in [-0.15, -0.1) is 0 Å². The number of nitrogens with one attached hydrogen (secondary N) is 1. The molecule has 1 saturated carbocycles. The summed E-state index contributed by atoms with van der Waals surface area (Å²) < 4.78 is 10.6. The number of hydrogen-bond acceptors (Lipinski definition) is 4. The second-order valence-electron chi connectivity index (χ2n) is 6.01. The van der Waals surface area contributed by atoms with Crippen LogP contribution < -0.4 is 14.8 Å². The summed E-state index contributed by atoms with van der Waals surface area (Å²) in [4.78, 5) is 12.6. The summed E-state index contributed by atoms with van der Waals surface area (Å²) >= 11 is 0. The van der Waals surface area contributed by atoms with Crippen molar-refractivity contribution in [3.05, 3.63) is 59.7 Å². The van der Waals surface area contributed by atoms with Crippen molar-refractivity contribution in [2.24, 2.45) is 5.92 Å². The van der Waals surface area contributed by atoms with Crippen LogP contribution in [0.5, 0.6) is 11.5 Å². The second-order valence-corrected chi connectivity index (χ2v) is 6.01. The molecule has 1 amide bonds. The molecule has 2 aromatic rings. The van der Waals surface area contributed by atoms with E-state index in [0.717, 1.165) is 12.0 Å². The maximum atomic E-state index is 12.6. The van der Waals surface area contributed by atoms with Gasteiger partial charge in [0.2, 0.25) is 5.91 Å². The van der Waals surface area contributed by atoms with Gasteiger partial charge in [0, 0.05) is 11.5 Å². The van der Waals surface area contributed by atoms with Crippen LogP contribution in [-0.2, 0) is 4.79 Å². The average Bonchev–Trinajstić information content (AvgIpc) is 3.47. The summed E-state index contributed by atoms with van der Waals surface area (Å²) in [6, 6.07) is 16.6. The summed E-state index contributed by atoms with van der Waals surface area (Å²) in [6.45, 7) is 0. The van der Waals surface area contributed by atoms with Gasteiger partial charge in [-0.25, -0.2) is 0 Å². The maximum Gasteiger partial charge on any atom is 0.225 e. The van der Waals surface area contributed by atoms with Crippen LogP contribution in [0, 0.1) is 17.2 Å². The molecule has 2 aromatic carbocycles. The fourth-order valence-electron chi connectivity index (χ4n) is 3.12. The molecule has 0 spiro atoms. The van der Waals surface area contributed by atoms with Crippen molar-refractivity contribution in [2.45, 2.75) is 18.4 Å². The number of carbonyl (C=O) groups excluding carboxylic acids is 1. The van der Waals surface area contributed by atoms with Gasteiger partial charge in [0.05, 0.1) is 20.3 Å². The van der Waals surface area contributed by atoms with E-state index in [9.17, 15) is 10.1 Å². The first-order valence-corrected chi connectivity index (χ1v) is 8.15. The predicted octanol–water partition coefficient (Wildman–Crippen LogP) is 3.19. The Morgan fingerprint density at radius 1 is 1.16 bits per heavy atom. The minimum Gasteiger partial charge on any atom is -0.493 e. The molecular formula is C20H20N2O3. The van der Waals surface area contributed by atoms with E-state index >= 15 is 0 Å². The van der Waals surface area contributed by atoms with E-state index in [1.165, 1.54) is 14.2 Å². The molecule has 0 heterocycles. The lowest BCUT2D eigenvalue weighted by atomic mass is 10.0. The lowest BCUT2D eigenvalue weighted by Gasteiger charge is -2.17. The molecule has 0 radical (unpaired) electrons. The van der Waals surface area contributed by atoms with Crippen LogP contribution in [0.2, 0.25) is 0 Å². The molecule has 3 rings (SSSR count). The fourth-order valence-corrected chi connectivity index (χ4v) is 3.12. The Labute approximate surface area is 147 Å². The summed E-state index contributed by atoms with van der Waals surface area (Å²) in [5.74, 6) is 1.03. The molecule has 0 aliphatic heterocycles. The number of benzene rings is 2. The number of ether oxygens (including phenoxy) is 2. The largest absolute Gasteiger partial charge is 0.493 e. The van der Waals surface area contributed by atoms with Crippen molar-refractivity contribution in [1.29, 1.82) is 5.26 Å². The average molecular weight is 336 g/mol. The highest BCUT2D eigenvalue weighted by atomic mass is 16.5. The number of rotatable bonds is 6. The molecule has 1 aliphatic carbocycles. The van der Waals surface area contributed by atoms with Crippen LogP contribution in [0.15, 0.2) is 48.5 Å². The number of nitriles is 1. The first-order chi connectivity index (χ1) is 12.2. The second kappa shape index (κ2) is 7.27. The fraction of sp³-hybridized carbons (Fsp3) is 0.300. The first kappa shape index (κ1) is 16.8. The molecule has 3 atom stereocenters. The highest BCUT2D eigenvalue weighted by Crippen LogP contribution is 2.47. The molecule has 1 aliphatic rings. The van der Waals surface area contributed by atoms with Gasteiger partial charge >= 0.3 is 0 Å². The van der Waals surface area contributed by atoms with Crippen LogP contribution in [-0.4, -0.2) is 20.1 Å². The van der Waals surface area contributed by atoms with Crippen LogP contribution in [0.1, 0.15) is 29.5 Å². The Balaban J connectivity index is 1.74. The van der Waals surface area contributed by atoms with E-state index in [0.29, 0.717) is 17.1 Å². The zero-order valence-corrected chi connectivity index (χ0v) is 14.2. The van der Waals surface area contributed by atoms with Gasteiger partial charge in [0.1, 0.15) is 6.04 Å². The number of carbonyl (C=O) groups is 1. The van der Waals surface area contributed by atoms with Crippen LogP contribution in [0.4, 0.5) is 0 Å². The molecule has 0 bridgehead atoms. The summed E-state index contributed by atoms with van der Waals surface area (Å²) in [6.07, 6.45) is 0.809. The van der Waals surface area contributed by atoms with Gasteiger partial charge < -0.3 is 14.8 Å². The summed E-state index contributed by atoms with van der Waals surface area (Å²) in [5.41, 5.74) is 1.75. The van der Waals surface area contributed by atoms with Crippen molar-refractivity contribution >= 4 is 5.91 Å². The smallest absolute Gasteiger partial charge is 0.225 e. The predicted molar refractivity (Wildman–Crippen MR) is 93.3 cm³/mol. The molecule has 5 heteroatoms. The van der Waals surface area contributed by atoms with Crippen molar-refractivity contribution in [2.75, 3.05) is 14.2 Å². The lowest BCUT2D eigenvalue weighted by molar-refractivity contribution is -0.122. The van der Waals surface area contributed by atoms with Crippen molar-refractivity contribution < 1.29 is 14.3 Å². The monoisotopic (exact) mass is 336 g/mol. The van der Waals surface area contributed by atoms with E-state index in [-0.39, 0.29) is 17.7 Å². The molecule has 128 valence electrons. The summed E-state index contributed by atoms with van der Waals surface area (Å²) in [7, 11) is 3.06. The zero-order chi connectivity index (χ0) is 17.8. The zero-order valence-electron chi connectivity index (χ0n) is 14.2. The van der Waals surface area contributed by atoms with E-state index in [4.69, 9.17) is 9.47 Å². The van der Waals surface area contributed by atoms with Gasteiger partial charge in [-0.2, -0.15) is 5.26 Å². The molecule has 1 fully saturated rings. The van der Waals surface area contributed by atoms with Gasteiger partial charge in [-0.05, 0) is 24.0 Å². The van der Waals surface area contributed by atoms with Crippen LogP contribution in [0.25, 0.3) is 0 Å². The van der Waals surface area contributed by atoms with E-state index in [2.05, 4.69) is 11.4 Å². The topological polar surface area (TPSA) is 71.3 Å². The first-order valence-electron chi connectivity index (χ1n) is 8.15. The third-order valence-corrected chi connectivity index (χ3v) is 4.52. The highest BCUT2D eigenvalue weighted by molar-refractivity contribution is 5.83. The molecule has 25 heavy (non-hydrogen) atoms. The molecule has 1 N–H and O–H groups in total. The van der Waals surface area contributed by atoms with Crippen LogP contribution in [0.3, 0.4) is 0 Å². The minimum absolute atomic E-state index is 0.0881. The van der Waals surface area contributed by atoms with E-state index in [1.54, 1.807) is 18.2 Å². The van der Waals surface area contributed by atoms with Gasteiger partial charge in [0.15, 0.2) is 11.5 Å².